The van der Waals surface area contributed by atoms with E-state index in [1.165, 1.54) is 0 Å². The van der Waals surface area contributed by atoms with Crippen LogP contribution >= 0.6 is 11.6 Å². The number of ether oxygens (including phenoxy) is 2. The maximum absolute atomic E-state index is 12.6. The number of rotatable bonds is 4. The molecule has 7 heteroatoms. The van der Waals surface area contributed by atoms with Gasteiger partial charge in [0, 0.05) is 37.6 Å². The maximum Gasteiger partial charge on any atom is 0.223 e. The molecule has 24 heavy (non-hydrogen) atoms. The van der Waals surface area contributed by atoms with Crippen molar-refractivity contribution in [1.29, 1.82) is 0 Å². The Labute approximate surface area is 145 Å². The summed E-state index contributed by atoms with van der Waals surface area (Å²) in [4.78, 5) is 14.4. The van der Waals surface area contributed by atoms with Gasteiger partial charge in [0.25, 0.3) is 0 Å². The molecule has 0 saturated heterocycles. The number of carbonyl (C=O) groups excluding carboxylic acids is 1. The zero-order valence-corrected chi connectivity index (χ0v) is 14.2. The summed E-state index contributed by atoms with van der Waals surface area (Å²) in [7, 11) is 1.61. The lowest BCUT2D eigenvalue weighted by atomic mass is 10.1. The molecule has 1 amide bonds. The molecule has 0 saturated carbocycles. The Morgan fingerprint density at radius 3 is 3.08 bits per heavy atom. The molecule has 3 rings (SSSR count). The Morgan fingerprint density at radius 1 is 1.46 bits per heavy atom. The van der Waals surface area contributed by atoms with Crippen molar-refractivity contribution in [2.24, 2.45) is 0 Å². The number of nitrogens with zero attached hydrogens (tertiary/aromatic N) is 2. The predicted molar refractivity (Wildman–Crippen MR) is 88.4 cm³/mol. The number of aryl methyl sites for hydroxylation is 1. The van der Waals surface area contributed by atoms with Gasteiger partial charge in [0.2, 0.25) is 5.91 Å². The molecule has 0 N–H and O–H groups in total. The van der Waals surface area contributed by atoms with Gasteiger partial charge in [-0.2, -0.15) is 0 Å². The van der Waals surface area contributed by atoms with E-state index in [1.54, 1.807) is 13.2 Å². The molecule has 1 aromatic heterocycles. The fourth-order valence-electron chi connectivity index (χ4n) is 2.73. The number of para-hydroxylation sites is 1. The molecule has 0 bridgehead atoms. The fourth-order valence-corrected chi connectivity index (χ4v) is 2.89. The molecule has 1 aliphatic rings. The molecule has 0 fully saturated rings. The third kappa shape index (κ3) is 3.82. The molecule has 2 heterocycles. The van der Waals surface area contributed by atoms with Crippen LogP contribution in [0.25, 0.3) is 0 Å². The minimum Gasteiger partial charge on any atom is -0.493 e. The third-order valence-electron chi connectivity index (χ3n) is 3.93. The summed E-state index contributed by atoms with van der Waals surface area (Å²) in [5.41, 5.74) is 0.949. The number of hydrogen-bond acceptors (Lipinski definition) is 5. The topological polar surface area (TPSA) is 64.8 Å². The van der Waals surface area contributed by atoms with Crippen molar-refractivity contribution in [3.05, 3.63) is 40.7 Å². The molecular formula is C17H19ClN2O4. The summed E-state index contributed by atoms with van der Waals surface area (Å²) in [6, 6.07) is 7.36. The van der Waals surface area contributed by atoms with Gasteiger partial charge >= 0.3 is 0 Å². The minimum absolute atomic E-state index is 0.0678. The van der Waals surface area contributed by atoms with Crippen LogP contribution in [-0.2, 0) is 17.8 Å². The quantitative estimate of drug-likeness (QED) is 0.847. The second-order valence-electron chi connectivity index (χ2n) is 5.58. The minimum atomic E-state index is 0.0678. The van der Waals surface area contributed by atoms with Crippen molar-refractivity contribution >= 4 is 17.5 Å². The SMILES string of the molecule is COc1cccc2c1OCCCN(C(=O)CCc1cc(Cl)no1)C2. The van der Waals surface area contributed by atoms with E-state index in [2.05, 4.69) is 5.16 Å². The first-order valence-corrected chi connectivity index (χ1v) is 8.22. The number of fused-ring (bicyclic) bond motifs is 1. The van der Waals surface area contributed by atoms with E-state index in [-0.39, 0.29) is 5.91 Å². The highest BCUT2D eigenvalue weighted by Gasteiger charge is 2.21. The Hall–Kier alpha value is -2.21. The van der Waals surface area contributed by atoms with Gasteiger partial charge in [-0.05, 0) is 12.5 Å². The van der Waals surface area contributed by atoms with Gasteiger partial charge in [-0.3, -0.25) is 4.79 Å². The monoisotopic (exact) mass is 350 g/mol. The van der Waals surface area contributed by atoms with Crippen molar-refractivity contribution in [3.8, 4) is 11.5 Å². The van der Waals surface area contributed by atoms with Crippen molar-refractivity contribution in [2.45, 2.75) is 25.8 Å². The van der Waals surface area contributed by atoms with Gasteiger partial charge in [-0.25, -0.2) is 0 Å². The summed E-state index contributed by atoms with van der Waals surface area (Å²) in [6.07, 6.45) is 1.61. The Bertz CT molecular complexity index is 716. The number of carbonyl (C=O) groups is 1. The second kappa shape index (κ2) is 7.57. The largest absolute Gasteiger partial charge is 0.493 e. The molecule has 0 aliphatic carbocycles. The summed E-state index contributed by atoms with van der Waals surface area (Å²) >= 11 is 5.72. The van der Waals surface area contributed by atoms with Crippen molar-refractivity contribution in [2.75, 3.05) is 20.3 Å². The van der Waals surface area contributed by atoms with Gasteiger partial charge in [-0.15, -0.1) is 0 Å². The Balaban J connectivity index is 1.69. The number of methoxy groups -OCH3 is 1. The first kappa shape index (κ1) is 16.6. The van der Waals surface area contributed by atoms with Crippen molar-refractivity contribution in [1.82, 2.24) is 10.1 Å². The average Bonchev–Trinajstić information content (AvgIpc) is 2.98. The number of halogens is 1. The summed E-state index contributed by atoms with van der Waals surface area (Å²) in [5, 5.41) is 3.93. The van der Waals surface area contributed by atoms with Crippen molar-refractivity contribution < 1.29 is 18.8 Å². The standard InChI is InChI=1S/C17H19ClN2O4/c1-22-14-5-2-4-12-11-20(8-3-9-23-17(12)14)16(21)7-6-13-10-15(18)19-24-13/h2,4-5,10H,3,6-9,11H2,1H3. The zero-order valence-electron chi connectivity index (χ0n) is 13.5. The van der Waals surface area contributed by atoms with Gasteiger partial charge < -0.3 is 18.9 Å². The highest BCUT2D eigenvalue weighted by atomic mass is 35.5. The normalized spacial score (nSPS) is 14.3. The van der Waals surface area contributed by atoms with Gasteiger partial charge in [0.05, 0.1) is 13.7 Å². The lowest BCUT2D eigenvalue weighted by Gasteiger charge is -2.27. The molecule has 2 aromatic rings. The second-order valence-corrected chi connectivity index (χ2v) is 5.97. The molecule has 0 radical (unpaired) electrons. The zero-order chi connectivity index (χ0) is 16.9. The number of hydrogen-bond donors (Lipinski definition) is 0. The van der Waals surface area contributed by atoms with Gasteiger partial charge in [0.15, 0.2) is 16.7 Å². The summed E-state index contributed by atoms with van der Waals surface area (Å²) in [6.45, 7) is 1.71. The molecule has 0 unspecified atom stereocenters. The van der Waals surface area contributed by atoms with Crippen LogP contribution in [0.4, 0.5) is 0 Å². The Morgan fingerprint density at radius 2 is 2.33 bits per heavy atom. The van der Waals surface area contributed by atoms with Crippen LogP contribution in [0.1, 0.15) is 24.2 Å². The highest BCUT2D eigenvalue weighted by Crippen LogP contribution is 2.33. The third-order valence-corrected chi connectivity index (χ3v) is 4.11. The van der Waals surface area contributed by atoms with Crippen LogP contribution in [0.3, 0.4) is 0 Å². The van der Waals surface area contributed by atoms with E-state index in [9.17, 15) is 4.79 Å². The van der Waals surface area contributed by atoms with E-state index < -0.39 is 0 Å². The van der Waals surface area contributed by atoms with Crippen LogP contribution in [-0.4, -0.2) is 36.2 Å². The maximum atomic E-state index is 12.6. The molecule has 1 aromatic carbocycles. The van der Waals surface area contributed by atoms with Crippen LogP contribution in [0.15, 0.2) is 28.8 Å². The van der Waals surface area contributed by atoms with E-state index >= 15 is 0 Å². The lowest BCUT2D eigenvalue weighted by molar-refractivity contribution is -0.132. The molecule has 0 spiro atoms. The van der Waals surface area contributed by atoms with Gasteiger partial charge in [0.1, 0.15) is 5.76 Å². The lowest BCUT2D eigenvalue weighted by Crippen LogP contribution is -2.33. The average molecular weight is 351 g/mol. The number of amides is 1. The van der Waals surface area contributed by atoms with Crippen LogP contribution < -0.4 is 9.47 Å². The van der Waals surface area contributed by atoms with E-state index in [0.717, 1.165) is 17.7 Å². The molecule has 1 aliphatic heterocycles. The Kier molecular flexibility index (Phi) is 5.25. The summed E-state index contributed by atoms with van der Waals surface area (Å²) in [5.74, 6) is 2.10. The van der Waals surface area contributed by atoms with E-state index in [0.29, 0.717) is 49.2 Å². The first-order valence-electron chi connectivity index (χ1n) is 7.85. The number of aromatic nitrogens is 1. The fraction of sp³-hybridized carbons (Fsp3) is 0.412. The molecule has 128 valence electrons. The van der Waals surface area contributed by atoms with E-state index in [1.807, 2.05) is 23.1 Å². The van der Waals surface area contributed by atoms with Crippen molar-refractivity contribution in [3.63, 3.8) is 0 Å². The predicted octanol–water partition coefficient (Wildman–Crippen LogP) is 3.08. The molecule has 6 nitrogen and oxygen atoms in total. The van der Waals surface area contributed by atoms with Crippen LogP contribution in [0, 0.1) is 0 Å². The number of benzene rings is 1. The molecular weight excluding hydrogens is 332 g/mol. The highest BCUT2D eigenvalue weighted by molar-refractivity contribution is 6.29. The van der Waals surface area contributed by atoms with Crippen LogP contribution in [0.5, 0.6) is 11.5 Å². The smallest absolute Gasteiger partial charge is 0.223 e. The first-order chi connectivity index (χ1) is 11.7. The van der Waals surface area contributed by atoms with Gasteiger partial charge in [-0.1, -0.05) is 28.9 Å². The van der Waals surface area contributed by atoms with Crippen LogP contribution in [0.2, 0.25) is 5.15 Å². The summed E-state index contributed by atoms with van der Waals surface area (Å²) < 4.78 is 16.2. The molecule has 0 atom stereocenters. The van der Waals surface area contributed by atoms with E-state index in [4.69, 9.17) is 25.6 Å².